The average Bonchev–Trinajstić information content (AvgIpc) is 2.61. The lowest BCUT2D eigenvalue weighted by Gasteiger charge is -2.12. The van der Waals surface area contributed by atoms with Gasteiger partial charge in [0.15, 0.2) is 18.1 Å². The maximum absolute atomic E-state index is 13.6. The van der Waals surface area contributed by atoms with E-state index >= 15 is 0 Å². The van der Waals surface area contributed by atoms with E-state index in [1.54, 1.807) is 24.3 Å². The topological polar surface area (TPSA) is 76.7 Å². The van der Waals surface area contributed by atoms with Crippen LogP contribution in [0, 0.1) is 5.82 Å². The maximum Gasteiger partial charge on any atom is 0.276 e. The quantitative estimate of drug-likeness (QED) is 0.717. The molecule has 2 N–H and O–H groups in total. The Labute approximate surface area is 152 Å². The van der Waals surface area contributed by atoms with Gasteiger partial charge in [-0.15, -0.1) is 0 Å². The number of hydrogen-bond acceptors (Lipinski definition) is 4. The van der Waals surface area contributed by atoms with Crippen molar-refractivity contribution >= 4 is 27.7 Å². The second-order valence-corrected chi connectivity index (χ2v) is 5.71. The summed E-state index contributed by atoms with van der Waals surface area (Å²) in [4.78, 5) is 23.7. The van der Waals surface area contributed by atoms with Crippen molar-refractivity contribution in [3.8, 4) is 11.5 Å². The molecule has 0 heterocycles. The first-order valence-electron chi connectivity index (χ1n) is 7.40. The summed E-state index contributed by atoms with van der Waals surface area (Å²) in [5, 5.41) is 0. The SMILES string of the molecule is CCOc1ccccc1OCC(=O)NNC(=O)c1cc(Br)ccc1F. The van der Waals surface area contributed by atoms with Gasteiger partial charge in [-0.05, 0) is 37.3 Å². The Kier molecular flexibility index (Phi) is 6.76. The van der Waals surface area contributed by atoms with Crippen LogP contribution in [0.15, 0.2) is 46.9 Å². The van der Waals surface area contributed by atoms with Crippen LogP contribution in [0.2, 0.25) is 0 Å². The molecule has 2 rings (SSSR count). The van der Waals surface area contributed by atoms with Crippen molar-refractivity contribution in [2.24, 2.45) is 0 Å². The predicted octanol–water partition coefficient (Wildman–Crippen LogP) is 2.83. The summed E-state index contributed by atoms with van der Waals surface area (Å²) in [6, 6.07) is 10.8. The van der Waals surface area contributed by atoms with Crippen LogP contribution >= 0.6 is 15.9 Å². The third-order valence-electron chi connectivity index (χ3n) is 3.00. The van der Waals surface area contributed by atoms with Crippen LogP contribution < -0.4 is 20.3 Å². The summed E-state index contributed by atoms with van der Waals surface area (Å²) in [6.45, 7) is 1.95. The number of halogens is 2. The number of carbonyl (C=O) groups excluding carboxylic acids is 2. The molecule has 2 amide bonds. The summed E-state index contributed by atoms with van der Waals surface area (Å²) in [7, 11) is 0. The van der Waals surface area contributed by atoms with Gasteiger partial charge in [0.25, 0.3) is 11.8 Å². The zero-order chi connectivity index (χ0) is 18.2. The van der Waals surface area contributed by atoms with Crippen molar-refractivity contribution in [1.29, 1.82) is 0 Å². The van der Waals surface area contributed by atoms with Gasteiger partial charge >= 0.3 is 0 Å². The molecule has 2 aromatic rings. The van der Waals surface area contributed by atoms with Gasteiger partial charge in [0.2, 0.25) is 0 Å². The number of amides is 2. The smallest absolute Gasteiger partial charge is 0.276 e. The van der Waals surface area contributed by atoms with Crippen LogP contribution in [0.25, 0.3) is 0 Å². The average molecular weight is 411 g/mol. The molecule has 0 unspecified atom stereocenters. The van der Waals surface area contributed by atoms with E-state index < -0.39 is 17.6 Å². The van der Waals surface area contributed by atoms with E-state index in [0.717, 1.165) is 6.07 Å². The second-order valence-electron chi connectivity index (χ2n) is 4.79. The van der Waals surface area contributed by atoms with Crippen LogP contribution in [0.3, 0.4) is 0 Å². The van der Waals surface area contributed by atoms with Gasteiger partial charge in [-0.1, -0.05) is 28.1 Å². The van der Waals surface area contributed by atoms with Crippen molar-refractivity contribution in [3.63, 3.8) is 0 Å². The van der Waals surface area contributed by atoms with Gasteiger partial charge in [-0.2, -0.15) is 0 Å². The first-order chi connectivity index (χ1) is 12.0. The molecule has 6 nitrogen and oxygen atoms in total. The zero-order valence-corrected chi connectivity index (χ0v) is 14.9. The molecule has 0 aromatic heterocycles. The Morgan fingerprint density at radius 3 is 2.44 bits per heavy atom. The second kappa shape index (κ2) is 9.03. The van der Waals surface area contributed by atoms with Crippen molar-refractivity contribution in [2.75, 3.05) is 13.2 Å². The highest BCUT2D eigenvalue weighted by Gasteiger charge is 2.13. The third kappa shape index (κ3) is 5.46. The monoisotopic (exact) mass is 410 g/mol. The van der Waals surface area contributed by atoms with E-state index in [0.29, 0.717) is 22.6 Å². The molecule has 2 aromatic carbocycles. The Morgan fingerprint density at radius 2 is 1.76 bits per heavy atom. The van der Waals surface area contributed by atoms with Crippen LogP contribution in [0.4, 0.5) is 4.39 Å². The van der Waals surface area contributed by atoms with Crippen LogP contribution in [-0.4, -0.2) is 25.0 Å². The fraction of sp³-hybridized carbons (Fsp3) is 0.176. The zero-order valence-electron chi connectivity index (χ0n) is 13.3. The van der Waals surface area contributed by atoms with Crippen LogP contribution in [-0.2, 0) is 4.79 Å². The number of rotatable bonds is 6. The predicted molar refractivity (Wildman–Crippen MR) is 92.8 cm³/mol. The molecule has 0 aliphatic rings. The van der Waals surface area contributed by atoms with Gasteiger partial charge in [0.05, 0.1) is 12.2 Å². The van der Waals surface area contributed by atoms with E-state index in [4.69, 9.17) is 9.47 Å². The highest BCUT2D eigenvalue weighted by atomic mass is 79.9. The molecule has 0 aliphatic carbocycles. The minimum Gasteiger partial charge on any atom is -0.490 e. The summed E-state index contributed by atoms with van der Waals surface area (Å²) in [5.74, 6) is -1.16. The molecule has 0 radical (unpaired) electrons. The Hall–Kier alpha value is -2.61. The normalized spacial score (nSPS) is 10.0. The maximum atomic E-state index is 13.6. The van der Waals surface area contributed by atoms with Gasteiger partial charge < -0.3 is 9.47 Å². The number of ether oxygens (including phenoxy) is 2. The van der Waals surface area contributed by atoms with Crippen molar-refractivity contribution < 1.29 is 23.5 Å². The molecule has 8 heteroatoms. The first kappa shape index (κ1) is 18.7. The third-order valence-corrected chi connectivity index (χ3v) is 3.49. The largest absolute Gasteiger partial charge is 0.490 e. The number of para-hydroxylation sites is 2. The lowest BCUT2D eigenvalue weighted by Crippen LogP contribution is -2.44. The van der Waals surface area contributed by atoms with Gasteiger partial charge in [0, 0.05) is 4.47 Å². The van der Waals surface area contributed by atoms with Crippen molar-refractivity contribution in [1.82, 2.24) is 10.9 Å². The fourth-order valence-electron chi connectivity index (χ4n) is 1.89. The standard InChI is InChI=1S/C17H16BrFN2O4/c1-2-24-14-5-3-4-6-15(14)25-10-16(22)20-21-17(23)12-9-11(18)7-8-13(12)19/h3-9H,2,10H2,1H3,(H,20,22)(H,21,23). The molecule has 0 saturated carbocycles. The number of carbonyl (C=O) groups is 2. The molecule has 0 saturated heterocycles. The Balaban J connectivity index is 1.87. The van der Waals surface area contributed by atoms with E-state index in [-0.39, 0.29) is 12.2 Å². The summed E-state index contributed by atoms with van der Waals surface area (Å²) < 4.78 is 24.9. The lowest BCUT2D eigenvalue weighted by atomic mass is 10.2. The summed E-state index contributed by atoms with van der Waals surface area (Å²) in [6.07, 6.45) is 0. The molecule has 0 aliphatic heterocycles. The van der Waals surface area contributed by atoms with E-state index in [9.17, 15) is 14.0 Å². The van der Waals surface area contributed by atoms with E-state index in [1.807, 2.05) is 6.92 Å². The molecule has 0 atom stereocenters. The van der Waals surface area contributed by atoms with E-state index in [1.165, 1.54) is 12.1 Å². The Morgan fingerprint density at radius 1 is 1.08 bits per heavy atom. The van der Waals surface area contributed by atoms with E-state index in [2.05, 4.69) is 26.8 Å². The molecule has 0 bridgehead atoms. The molecule has 0 spiro atoms. The van der Waals surface area contributed by atoms with Crippen molar-refractivity contribution in [2.45, 2.75) is 6.92 Å². The summed E-state index contributed by atoms with van der Waals surface area (Å²) in [5.41, 5.74) is 4.10. The minimum atomic E-state index is -0.776. The summed E-state index contributed by atoms with van der Waals surface area (Å²) >= 11 is 3.15. The number of hydrogen-bond donors (Lipinski definition) is 2. The minimum absolute atomic E-state index is 0.197. The van der Waals surface area contributed by atoms with Crippen molar-refractivity contribution in [3.05, 3.63) is 58.3 Å². The molecule has 25 heavy (non-hydrogen) atoms. The van der Waals surface area contributed by atoms with Crippen LogP contribution in [0.1, 0.15) is 17.3 Å². The number of hydrazine groups is 1. The van der Waals surface area contributed by atoms with Crippen LogP contribution in [0.5, 0.6) is 11.5 Å². The highest BCUT2D eigenvalue weighted by Crippen LogP contribution is 2.26. The number of benzene rings is 2. The molecule has 132 valence electrons. The van der Waals surface area contributed by atoms with Gasteiger partial charge in [-0.3, -0.25) is 20.4 Å². The molecular formula is C17H16BrFN2O4. The first-order valence-corrected chi connectivity index (χ1v) is 8.19. The number of nitrogens with one attached hydrogen (secondary N) is 2. The molecular weight excluding hydrogens is 395 g/mol. The molecule has 0 fully saturated rings. The highest BCUT2D eigenvalue weighted by molar-refractivity contribution is 9.10. The fourth-order valence-corrected chi connectivity index (χ4v) is 2.25. The van der Waals surface area contributed by atoms with Gasteiger partial charge in [-0.25, -0.2) is 4.39 Å². The van der Waals surface area contributed by atoms with Gasteiger partial charge in [0.1, 0.15) is 5.82 Å². The Bertz CT molecular complexity index is 770. The lowest BCUT2D eigenvalue weighted by molar-refractivity contribution is -0.123.